The Bertz CT molecular complexity index is 1770. The molecule has 0 fully saturated rings. The molecule has 2 aliphatic heterocycles. The van der Waals surface area contributed by atoms with E-state index in [4.69, 9.17) is 0 Å². The first-order chi connectivity index (χ1) is 23.3. The van der Waals surface area contributed by atoms with E-state index in [9.17, 15) is 9.59 Å². The van der Waals surface area contributed by atoms with Crippen molar-refractivity contribution in [2.24, 2.45) is 11.8 Å². The Kier molecular flexibility index (Phi) is 8.81. The molecule has 0 radical (unpaired) electrons. The number of aromatic nitrogens is 2. The zero-order valence-electron chi connectivity index (χ0n) is 29.3. The maximum Gasteiger partial charge on any atom is 0.230 e. The number of fused-ring (bicyclic) bond motifs is 4. The van der Waals surface area contributed by atoms with Gasteiger partial charge in [0, 0.05) is 85.6 Å². The van der Waals surface area contributed by atoms with E-state index in [1.54, 1.807) is 0 Å². The van der Waals surface area contributed by atoms with Gasteiger partial charge in [0.1, 0.15) is 0 Å². The number of benzene rings is 2. The summed E-state index contributed by atoms with van der Waals surface area (Å²) in [5.41, 5.74) is 10.4. The molecule has 2 amide bonds. The first kappa shape index (κ1) is 32.4. The van der Waals surface area contributed by atoms with Crippen molar-refractivity contribution in [2.45, 2.75) is 52.6 Å². The molecule has 0 spiro atoms. The smallest absolute Gasteiger partial charge is 0.230 e. The third kappa shape index (κ3) is 5.39. The number of likely N-dealkylation sites (N-methyl/N-ethyl adjacent to an activating group) is 2. The summed E-state index contributed by atoms with van der Waals surface area (Å²) in [5, 5.41) is 2.67. The van der Waals surface area contributed by atoms with Crippen LogP contribution in [0.25, 0.3) is 33.0 Å². The van der Waals surface area contributed by atoms with Gasteiger partial charge < -0.3 is 19.8 Å². The van der Waals surface area contributed by atoms with Crippen LogP contribution in [-0.4, -0.2) is 107 Å². The van der Waals surface area contributed by atoms with Gasteiger partial charge in [0.2, 0.25) is 11.8 Å². The van der Waals surface area contributed by atoms with Crippen LogP contribution in [0.4, 0.5) is 0 Å². The van der Waals surface area contributed by atoms with Crippen LogP contribution in [0.3, 0.4) is 0 Å². The monoisotopic (exact) mass is 646 g/mol. The zero-order valence-corrected chi connectivity index (χ0v) is 29.3. The number of carbonyl (C=O) groups excluding carboxylic acids is 2. The van der Waals surface area contributed by atoms with Gasteiger partial charge in [-0.05, 0) is 100 Å². The average Bonchev–Trinajstić information content (AvgIpc) is 3.72. The van der Waals surface area contributed by atoms with Crippen molar-refractivity contribution in [1.29, 1.82) is 0 Å². The Morgan fingerprint density at radius 3 is 1.44 bits per heavy atom. The molecule has 2 aliphatic carbocycles. The van der Waals surface area contributed by atoms with Crippen molar-refractivity contribution >= 4 is 44.8 Å². The van der Waals surface area contributed by atoms with Gasteiger partial charge in [0.15, 0.2) is 0 Å². The topological polar surface area (TPSA) is 78.7 Å². The van der Waals surface area contributed by atoms with Crippen molar-refractivity contribution in [2.75, 3.05) is 53.4 Å². The van der Waals surface area contributed by atoms with Gasteiger partial charge in [0.05, 0.1) is 11.8 Å². The van der Waals surface area contributed by atoms with Crippen LogP contribution in [0.5, 0.6) is 0 Å². The fourth-order valence-corrected chi connectivity index (χ4v) is 8.75. The Morgan fingerprint density at radius 1 is 0.667 bits per heavy atom. The summed E-state index contributed by atoms with van der Waals surface area (Å²) < 4.78 is 0. The molecular formula is C40H50N6O2. The second kappa shape index (κ2) is 13.1. The number of amides is 2. The molecule has 4 atom stereocenters. The van der Waals surface area contributed by atoms with Crippen LogP contribution in [0.2, 0.25) is 0 Å². The minimum Gasteiger partial charge on any atom is -0.361 e. The molecule has 4 aromatic rings. The van der Waals surface area contributed by atoms with E-state index in [1.165, 1.54) is 55.2 Å². The summed E-state index contributed by atoms with van der Waals surface area (Å²) in [7, 11) is 4.30. The number of nitrogens with zero attached hydrogens (tertiary/aromatic N) is 4. The quantitative estimate of drug-likeness (QED) is 0.277. The highest BCUT2D eigenvalue weighted by atomic mass is 16.2. The van der Waals surface area contributed by atoms with E-state index in [0.29, 0.717) is 12.1 Å². The van der Waals surface area contributed by atoms with Gasteiger partial charge in [-0.25, -0.2) is 0 Å². The number of hydrogen-bond donors (Lipinski definition) is 2. The van der Waals surface area contributed by atoms with Crippen LogP contribution >= 0.6 is 0 Å². The predicted octanol–water partition coefficient (Wildman–Crippen LogP) is 5.81. The Hall–Kier alpha value is -4.14. The number of aromatic amines is 2. The Balaban J connectivity index is 0.000000152. The molecular weight excluding hydrogens is 596 g/mol. The average molecular weight is 647 g/mol. The lowest BCUT2D eigenvalue weighted by Crippen LogP contribution is -2.47. The van der Waals surface area contributed by atoms with E-state index < -0.39 is 0 Å². The molecule has 2 aromatic heterocycles. The van der Waals surface area contributed by atoms with Crippen molar-refractivity contribution in [3.05, 3.63) is 83.2 Å². The molecule has 4 heterocycles. The molecule has 2 aromatic carbocycles. The van der Waals surface area contributed by atoms with Gasteiger partial charge in [-0.3, -0.25) is 19.4 Å². The predicted molar refractivity (Wildman–Crippen MR) is 196 cm³/mol. The SMILES string of the molecule is CCN(CC)C(=O)[C@@H]1C=C2c3cccc4[nH]cc(c34)C[C@H]2N(C)C1.CCN(CC)C(=O)[C@@H]1C=C2c3cccc4[nH]cc(c34)C[C@H]2N(C)C1. The lowest BCUT2D eigenvalue weighted by Gasteiger charge is -2.40. The fourth-order valence-electron chi connectivity index (χ4n) is 8.75. The first-order valence-electron chi connectivity index (χ1n) is 17.9. The third-order valence-corrected chi connectivity index (χ3v) is 11.3. The molecule has 0 bridgehead atoms. The highest BCUT2D eigenvalue weighted by Crippen LogP contribution is 2.42. The van der Waals surface area contributed by atoms with Crippen molar-refractivity contribution in [3.8, 4) is 0 Å². The van der Waals surface area contributed by atoms with E-state index in [-0.39, 0.29) is 23.7 Å². The number of rotatable bonds is 6. The van der Waals surface area contributed by atoms with E-state index >= 15 is 0 Å². The minimum atomic E-state index is -0.0445. The summed E-state index contributed by atoms with van der Waals surface area (Å²) in [4.78, 5) is 41.1. The lowest BCUT2D eigenvalue weighted by atomic mass is 9.79. The summed E-state index contributed by atoms with van der Waals surface area (Å²) in [6.45, 7) is 12.9. The van der Waals surface area contributed by atoms with Crippen LogP contribution in [0.15, 0.2) is 60.9 Å². The fraction of sp³-hybridized carbons (Fsp3) is 0.450. The first-order valence-corrected chi connectivity index (χ1v) is 17.9. The molecule has 252 valence electrons. The van der Waals surface area contributed by atoms with Gasteiger partial charge >= 0.3 is 0 Å². The summed E-state index contributed by atoms with van der Waals surface area (Å²) in [5.74, 6) is 0.420. The molecule has 2 N–H and O–H groups in total. The molecule has 48 heavy (non-hydrogen) atoms. The Labute approximate surface area is 284 Å². The summed E-state index contributed by atoms with van der Waals surface area (Å²) >= 11 is 0. The van der Waals surface area contributed by atoms with Crippen LogP contribution < -0.4 is 0 Å². The van der Waals surface area contributed by atoms with Gasteiger partial charge in [-0.15, -0.1) is 0 Å². The van der Waals surface area contributed by atoms with Crippen molar-refractivity contribution in [1.82, 2.24) is 29.6 Å². The van der Waals surface area contributed by atoms with Gasteiger partial charge in [-0.1, -0.05) is 36.4 Å². The molecule has 4 aliphatic rings. The maximum atomic E-state index is 12.9. The maximum absolute atomic E-state index is 12.9. The second-order valence-electron chi connectivity index (χ2n) is 13.9. The molecule has 0 saturated carbocycles. The zero-order chi connectivity index (χ0) is 33.7. The highest BCUT2D eigenvalue weighted by molar-refractivity contribution is 6.00. The van der Waals surface area contributed by atoms with E-state index in [0.717, 1.165) is 52.1 Å². The van der Waals surface area contributed by atoms with Crippen molar-refractivity contribution in [3.63, 3.8) is 0 Å². The van der Waals surface area contributed by atoms with Gasteiger partial charge in [0.25, 0.3) is 0 Å². The standard InChI is InChI=1S/2C20H25N3O/c2*1-4-23(5-2)20(24)14-9-16-15-7-6-8-17-19(15)13(11-21-17)10-18(16)22(3)12-14/h2*6-9,11,14,18,21H,4-5,10,12H2,1-3H3/t2*14-,18-/m11/s1. The Morgan fingerprint density at radius 2 is 1.06 bits per heavy atom. The molecule has 8 nitrogen and oxygen atoms in total. The summed E-state index contributed by atoms with van der Waals surface area (Å²) in [6.07, 6.45) is 10.8. The largest absolute Gasteiger partial charge is 0.361 e. The van der Waals surface area contributed by atoms with E-state index in [2.05, 4.69) is 123 Å². The lowest BCUT2D eigenvalue weighted by molar-refractivity contribution is -0.135. The van der Waals surface area contributed by atoms with Crippen LogP contribution in [0.1, 0.15) is 49.9 Å². The number of carbonyl (C=O) groups is 2. The molecule has 0 unspecified atom stereocenters. The minimum absolute atomic E-state index is 0.0445. The summed E-state index contributed by atoms with van der Waals surface area (Å²) in [6, 6.07) is 13.6. The van der Waals surface area contributed by atoms with Gasteiger partial charge in [-0.2, -0.15) is 0 Å². The van der Waals surface area contributed by atoms with Crippen LogP contribution in [0, 0.1) is 11.8 Å². The van der Waals surface area contributed by atoms with Crippen LogP contribution in [-0.2, 0) is 22.4 Å². The molecule has 8 rings (SSSR count). The van der Waals surface area contributed by atoms with E-state index in [1.807, 2.05) is 9.80 Å². The molecule has 8 heteroatoms. The molecule has 0 saturated heterocycles. The normalized spacial score (nSPS) is 23.0. The highest BCUT2D eigenvalue weighted by Gasteiger charge is 2.38. The third-order valence-electron chi connectivity index (χ3n) is 11.3. The second-order valence-corrected chi connectivity index (χ2v) is 13.9. The number of hydrogen-bond acceptors (Lipinski definition) is 4. The number of H-pyrrole nitrogens is 2. The number of nitrogens with one attached hydrogen (secondary N) is 2. The van der Waals surface area contributed by atoms with Crippen molar-refractivity contribution < 1.29 is 9.59 Å².